The number of rotatable bonds is 4. The van der Waals surface area contributed by atoms with Crippen LogP contribution in [0.25, 0.3) is 0 Å². The van der Waals surface area contributed by atoms with Crippen molar-refractivity contribution in [1.29, 1.82) is 0 Å². The summed E-state index contributed by atoms with van der Waals surface area (Å²) in [6.45, 7) is 8.58. The average Bonchev–Trinajstić information content (AvgIpc) is 2.47. The van der Waals surface area contributed by atoms with E-state index in [1.54, 1.807) is 6.07 Å². The van der Waals surface area contributed by atoms with E-state index in [1.807, 2.05) is 19.1 Å². The second-order valence-corrected chi connectivity index (χ2v) is 7.16. The van der Waals surface area contributed by atoms with E-state index in [0.29, 0.717) is 5.56 Å². The third-order valence-electron chi connectivity index (χ3n) is 4.30. The lowest BCUT2D eigenvalue weighted by Gasteiger charge is -2.24. The molecule has 0 N–H and O–H groups in total. The van der Waals surface area contributed by atoms with Gasteiger partial charge in [-0.1, -0.05) is 73.1 Å². The Hall–Kier alpha value is -1.15. The van der Waals surface area contributed by atoms with Crippen molar-refractivity contribution in [1.82, 2.24) is 0 Å². The monoisotopic (exact) mass is 348 g/mol. The van der Waals surface area contributed by atoms with E-state index in [9.17, 15) is 4.39 Å². The van der Waals surface area contributed by atoms with E-state index < -0.39 is 0 Å². The van der Waals surface area contributed by atoms with Crippen LogP contribution in [-0.4, -0.2) is 0 Å². The lowest BCUT2D eigenvalue weighted by atomic mass is 9.82. The van der Waals surface area contributed by atoms with Gasteiger partial charge in [0.15, 0.2) is 0 Å². The van der Waals surface area contributed by atoms with Crippen LogP contribution in [0.15, 0.2) is 42.5 Å². The Bertz CT molecular complexity index is 614. The summed E-state index contributed by atoms with van der Waals surface area (Å²) in [4.78, 5) is -0.114. The molecule has 0 amide bonds. The van der Waals surface area contributed by atoms with Gasteiger partial charge in [0.2, 0.25) is 0 Å². The first-order valence-electron chi connectivity index (χ1n) is 7.35. The van der Waals surface area contributed by atoms with E-state index in [1.165, 1.54) is 5.56 Å². The highest BCUT2D eigenvalue weighted by Gasteiger charge is 2.19. The van der Waals surface area contributed by atoms with Crippen molar-refractivity contribution in [3.05, 3.63) is 70.5 Å². The van der Waals surface area contributed by atoms with Gasteiger partial charge in [0.05, 0.1) is 4.83 Å². The van der Waals surface area contributed by atoms with Gasteiger partial charge in [-0.25, -0.2) is 4.39 Å². The highest BCUT2D eigenvalue weighted by molar-refractivity contribution is 9.09. The summed E-state index contributed by atoms with van der Waals surface area (Å²) in [6.07, 6.45) is 1.09. The summed E-state index contributed by atoms with van der Waals surface area (Å²) in [5.74, 6) is -0.158. The molecule has 0 saturated carbocycles. The first kappa shape index (κ1) is 16.2. The zero-order valence-corrected chi connectivity index (χ0v) is 14.7. The number of aryl methyl sites for hydroxylation is 1. The molecular weight excluding hydrogens is 327 g/mol. The molecule has 0 spiro atoms. The molecule has 2 rings (SSSR count). The maximum atomic E-state index is 14.1. The van der Waals surface area contributed by atoms with Gasteiger partial charge in [-0.3, -0.25) is 0 Å². The molecule has 0 nitrogen and oxygen atoms in total. The van der Waals surface area contributed by atoms with Crippen molar-refractivity contribution >= 4 is 15.9 Å². The second-order valence-electron chi connectivity index (χ2n) is 6.25. The maximum absolute atomic E-state index is 14.1. The number of hydrogen-bond donors (Lipinski definition) is 0. The Labute approximate surface area is 135 Å². The van der Waals surface area contributed by atoms with E-state index in [2.05, 4.69) is 61.0 Å². The molecule has 0 heterocycles. The van der Waals surface area contributed by atoms with Crippen molar-refractivity contribution < 1.29 is 4.39 Å². The predicted octanol–water partition coefficient (Wildman–Crippen LogP) is 6.31. The first-order chi connectivity index (χ1) is 9.85. The van der Waals surface area contributed by atoms with Gasteiger partial charge in [-0.15, -0.1) is 0 Å². The molecule has 0 aliphatic rings. The molecule has 112 valence electrons. The van der Waals surface area contributed by atoms with Crippen molar-refractivity contribution in [2.75, 3.05) is 0 Å². The van der Waals surface area contributed by atoms with E-state index >= 15 is 0 Å². The average molecular weight is 349 g/mol. The molecule has 0 aliphatic carbocycles. The van der Waals surface area contributed by atoms with Crippen LogP contribution in [0.1, 0.15) is 54.3 Å². The summed E-state index contributed by atoms with van der Waals surface area (Å²) >= 11 is 3.62. The molecule has 0 aliphatic heterocycles. The zero-order valence-electron chi connectivity index (χ0n) is 13.1. The zero-order chi connectivity index (χ0) is 15.6. The van der Waals surface area contributed by atoms with Crippen molar-refractivity contribution in [2.45, 2.75) is 44.4 Å². The Morgan fingerprint density at radius 2 is 1.71 bits per heavy atom. The van der Waals surface area contributed by atoms with Gasteiger partial charge in [0, 0.05) is 5.56 Å². The van der Waals surface area contributed by atoms with E-state index in [0.717, 1.165) is 17.5 Å². The molecule has 0 radical (unpaired) electrons. The Balaban J connectivity index is 2.30. The van der Waals surface area contributed by atoms with E-state index in [-0.39, 0.29) is 16.1 Å². The van der Waals surface area contributed by atoms with Crippen LogP contribution in [0.5, 0.6) is 0 Å². The van der Waals surface area contributed by atoms with Gasteiger partial charge in [0.1, 0.15) is 5.82 Å². The third-order valence-corrected chi connectivity index (χ3v) is 5.32. The Morgan fingerprint density at radius 1 is 1.10 bits per heavy atom. The van der Waals surface area contributed by atoms with Crippen molar-refractivity contribution in [3.63, 3.8) is 0 Å². The summed E-state index contributed by atoms with van der Waals surface area (Å²) in [5, 5.41) is 0. The van der Waals surface area contributed by atoms with Gasteiger partial charge in [0.25, 0.3) is 0 Å². The Morgan fingerprint density at radius 3 is 2.24 bits per heavy atom. The van der Waals surface area contributed by atoms with E-state index in [4.69, 9.17) is 0 Å². The fourth-order valence-corrected chi connectivity index (χ4v) is 3.00. The lowest BCUT2D eigenvalue weighted by Crippen LogP contribution is -2.15. The second kappa shape index (κ2) is 6.31. The number of benzene rings is 2. The predicted molar refractivity (Wildman–Crippen MR) is 91.7 cm³/mol. The molecule has 2 aromatic rings. The van der Waals surface area contributed by atoms with Gasteiger partial charge < -0.3 is 0 Å². The molecule has 2 aromatic carbocycles. The Kier molecular flexibility index (Phi) is 4.88. The summed E-state index contributed by atoms with van der Waals surface area (Å²) in [5.41, 5.74) is 4.19. The van der Waals surface area contributed by atoms with Crippen LogP contribution in [0.2, 0.25) is 0 Å². The van der Waals surface area contributed by atoms with Crippen molar-refractivity contribution in [3.8, 4) is 0 Å². The van der Waals surface area contributed by atoms with Crippen LogP contribution >= 0.6 is 15.9 Å². The minimum atomic E-state index is -0.158. The smallest absolute Gasteiger partial charge is 0.128 e. The number of halogens is 2. The molecule has 0 fully saturated rings. The fourth-order valence-electron chi connectivity index (χ4n) is 2.32. The normalized spacial score (nSPS) is 13.2. The summed E-state index contributed by atoms with van der Waals surface area (Å²) in [7, 11) is 0. The van der Waals surface area contributed by atoms with Crippen LogP contribution in [0.4, 0.5) is 4.39 Å². The summed E-state index contributed by atoms with van der Waals surface area (Å²) < 4.78 is 14.1. The standard InChI is InChI=1S/C19H22BrF/c1-5-19(3,4)15-9-7-14(8-10-15)18(20)16-11-6-13(2)12-17(16)21/h6-12,18H,5H2,1-4H3. The topological polar surface area (TPSA) is 0 Å². The van der Waals surface area contributed by atoms with Gasteiger partial charge >= 0.3 is 0 Å². The molecule has 0 saturated heterocycles. The molecule has 0 bridgehead atoms. The number of alkyl halides is 1. The van der Waals surface area contributed by atoms with Crippen LogP contribution in [-0.2, 0) is 5.41 Å². The lowest BCUT2D eigenvalue weighted by molar-refractivity contribution is 0.506. The van der Waals surface area contributed by atoms with Crippen LogP contribution < -0.4 is 0 Å². The van der Waals surface area contributed by atoms with Crippen LogP contribution in [0, 0.1) is 12.7 Å². The van der Waals surface area contributed by atoms with Gasteiger partial charge in [-0.2, -0.15) is 0 Å². The molecule has 0 aromatic heterocycles. The SMILES string of the molecule is CCC(C)(C)c1ccc(C(Br)c2ccc(C)cc2F)cc1. The minimum absolute atomic E-state index is 0.114. The molecule has 1 unspecified atom stereocenters. The highest BCUT2D eigenvalue weighted by Crippen LogP contribution is 2.34. The highest BCUT2D eigenvalue weighted by atomic mass is 79.9. The third kappa shape index (κ3) is 3.55. The van der Waals surface area contributed by atoms with Gasteiger partial charge in [-0.05, 0) is 41.5 Å². The maximum Gasteiger partial charge on any atom is 0.128 e. The largest absolute Gasteiger partial charge is 0.207 e. The first-order valence-corrected chi connectivity index (χ1v) is 8.27. The fraction of sp³-hybridized carbons (Fsp3) is 0.368. The minimum Gasteiger partial charge on any atom is -0.207 e. The quantitative estimate of drug-likeness (QED) is 0.568. The molecule has 1 atom stereocenters. The molecular formula is C19H22BrF. The molecule has 21 heavy (non-hydrogen) atoms. The number of hydrogen-bond acceptors (Lipinski definition) is 0. The van der Waals surface area contributed by atoms with Crippen LogP contribution in [0.3, 0.4) is 0 Å². The summed E-state index contributed by atoms with van der Waals surface area (Å²) in [6, 6.07) is 13.9. The molecule has 2 heteroatoms. The van der Waals surface area contributed by atoms with Crippen molar-refractivity contribution in [2.24, 2.45) is 0 Å².